The average molecular weight is 625 g/mol. The molecule has 0 unspecified atom stereocenters. The Kier molecular flexibility index (Phi) is 9.72. The van der Waals surface area contributed by atoms with Gasteiger partial charge in [-0.15, -0.1) is 11.8 Å². The third kappa shape index (κ3) is 5.83. The van der Waals surface area contributed by atoms with Crippen molar-refractivity contribution in [3.8, 4) is 0 Å². The third-order valence-corrected chi connectivity index (χ3v) is 12.0. The Morgan fingerprint density at radius 2 is 1.76 bits per heavy atom. The number of unbranched alkanes of at least 4 members (excludes halogenated alkanes) is 2. The predicted octanol–water partition coefficient (Wildman–Crippen LogP) is 3.23. The van der Waals surface area contributed by atoms with Gasteiger partial charge in [0.25, 0.3) is 15.9 Å². The number of aliphatic carboxylic acids is 1. The molecule has 1 aromatic rings. The number of rotatable bonds is 15. The lowest BCUT2D eigenvalue weighted by molar-refractivity contribution is -0.384. The number of nitro groups is 1. The molecule has 0 bridgehead atoms. The van der Waals surface area contributed by atoms with Crippen LogP contribution >= 0.6 is 11.8 Å². The molecule has 2 N–H and O–H groups in total. The molecule has 0 spiro atoms. The Hall–Kier alpha value is -2.52. The number of nitro benzene ring substituents is 1. The van der Waals surface area contributed by atoms with E-state index in [4.69, 9.17) is 0 Å². The maximum absolute atomic E-state index is 13.4. The molecule has 4 rings (SSSR count). The van der Waals surface area contributed by atoms with Crippen LogP contribution in [0.1, 0.15) is 58.9 Å². The van der Waals surface area contributed by atoms with Crippen molar-refractivity contribution < 1.29 is 33.1 Å². The normalized spacial score (nSPS) is 25.4. The van der Waals surface area contributed by atoms with Crippen molar-refractivity contribution in [3.05, 3.63) is 50.5 Å². The Balaban J connectivity index is 1.61. The molecule has 2 saturated heterocycles. The molecule has 0 radical (unpaired) electrons. The van der Waals surface area contributed by atoms with Gasteiger partial charge < -0.3 is 15.1 Å². The first-order valence-electron chi connectivity index (χ1n) is 14.4. The van der Waals surface area contributed by atoms with E-state index in [2.05, 4.69) is 0 Å². The van der Waals surface area contributed by atoms with Crippen LogP contribution in [-0.4, -0.2) is 92.5 Å². The average Bonchev–Trinajstić information content (AvgIpc) is 3.10. The molecule has 0 aliphatic carbocycles. The van der Waals surface area contributed by atoms with Gasteiger partial charge in [0.05, 0.1) is 23.0 Å². The summed E-state index contributed by atoms with van der Waals surface area (Å²) in [5, 5.41) is 31.6. The Morgan fingerprint density at radius 3 is 2.24 bits per heavy atom. The first-order chi connectivity index (χ1) is 19.8. The van der Waals surface area contributed by atoms with Crippen molar-refractivity contribution >= 4 is 39.5 Å². The summed E-state index contributed by atoms with van der Waals surface area (Å²) in [4.78, 5) is 38.1. The number of hydrogen-bond donors (Lipinski definition) is 2. The fraction of sp³-hybridized carbons (Fsp3) is 0.643. The van der Waals surface area contributed by atoms with E-state index in [-0.39, 0.29) is 36.1 Å². The number of carboxylic acids is 1. The lowest BCUT2D eigenvalue weighted by atomic mass is 9.67. The largest absolute Gasteiger partial charge is 0.477 e. The molecule has 12 nitrogen and oxygen atoms in total. The van der Waals surface area contributed by atoms with E-state index >= 15 is 0 Å². The van der Waals surface area contributed by atoms with Crippen LogP contribution in [0.5, 0.6) is 0 Å². The SMILES string of the molecule is CCCCN(CCCC)S(=O)(=O)N1CC(SC2=C(C(=O)O)N3C(=O)[C@H]([C@@H](C)O)[C@H]3[C@@]2(C)Cc2ccc([N+](=O)[O-])cc2)C1. The summed E-state index contributed by atoms with van der Waals surface area (Å²) in [6.07, 6.45) is 2.55. The fourth-order valence-electron chi connectivity index (χ4n) is 6.17. The van der Waals surface area contributed by atoms with E-state index < -0.39 is 50.5 Å². The highest BCUT2D eigenvalue weighted by molar-refractivity contribution is 8.04. The summed E-state index contributed by atoms with van der Waals surface area (Å²) in [6, 6.07) is 5.38. The van der Waals surface area contributed by atoms with Crippen molar-refractivity contribution in [2.45, 2.75) is 77.2 Å². The standard InChI is InChI=1S/C28H40N4O8S2/c1-5-7-13-29(14-8-6-2)42(39,40)30-16-21(17-30)41-25-23(27(35)36)31-24(22(18(3)33)26(31)34)28(25,4)15-19-9-11-20(12-10-19)32(37)38/h9-12,18,21-22,24,33H,5-8,13-17H2,1-4H3,(H,35,36)/t18-,22-,24+,28-/m1/s1. The van der Waals surface area contributed by atoms with Gasteiger partial charge >= 0.3 is 5.97 Å². The highest BCUT2D eigenvalue weighted by Crippen LogP contribution is 2.60. The third-order valence-electron chi connectivity index (χ3n) is 8.48. The summed E-state index contributed by atoms with van der Waals surface area (Å²) in [7, 11) is -3.66. The number of β-lactam (4-membered cyclic amide) rings is 1. The second-order valence-electron chi connectivity index (χ2n) is 11.6. The smallest absolute Gasteiger partial charge is 0.353 e. The molecule has 3 heterocycles. The number of fused-ring (bicyclic) bond motifs is 1. The van der Waals surface area contributed by atoms with Crippen LogP contribution in [0.3, 0.4) is 0 Å². The van der Waals surface area contributed by atoms with E-state index in [0.29, 0.717) is 18.0 Å². The molecular weight excluding hydrogens is 584 g/mol. The zero-order chi connectivity index (χ0) is 31.0. The number of aliphatic hydroxyl groups excluding tert-OH is 1. The van der Waals surface area contributed by atoms with Gasteiger partial charge in [-0.1, -0.05) is 45.7 Å². The summed E-state index contributed by atoms with van der Waals surface area (Å²) < 4.78 is 29.8. The van der Waals surface area contributed by atoms with Gasteiger partial charge in [0, 0.05) is 53.9 Å². The minimum absolute atomic E-state index is 0.0725. The number of carbonyl (C=O) groups excluding carboxylic acids is 1. The number of benzene rings is 1. The first kappa shape index (κ1) is 32.4. The van der Waals surface area contributed by atoms with Crippen LogP contribution in [0.25, 0.3) is 0 Å². The topological polar surface area (TPSA) is 162 Å². The van der Waals surface area contributed by atoms with E-state index in [1.807, 2.05) is 20.8 Å². The molecule has 4 atom stereocenters. The number of amides is 1. The molecule has 42 heavy (non-hydrogen) atoms. The number of hydrogen-bond acceptors (Lipinski definition) is 8. The molecule has 0 aromatic heterocycles. The highest BCUT2D eigenvalue weighted by atomic mass is 32.2. The zero-order valence-corrected chi connectivity index (χ0v) is 26.1. The fourth-order valence-corrected chi connectivity index (χ4v) is 9.74. The van der Waals surface area contributed by atoms with Gasteiger partial charge in [0.2, 0.25) is 5.91 Å². The number of carbonyl (C=O) groups is 2. The summed E-state index contributed by atoms with van der Waals surface area (Å²) in [5.41, 5.74) is -0.406. The summed E-state index contributed by atoms with van der Waals surface area (Å²) in [6.45, 7) is 8.72. The van der Waals surface area contributed by atoms with Crippen molar-refractivity contribution in [1.29, 1.82) is 0 Å². The Morgan fingerprint density at radius 1 is 1.19 bits per heavy atom. The molecule has 3 aliphatic rings. The minimum Gasteiger partial charge on any atom is -0.477 e. The van der Waals surface area contributed by atoms with Crippen LogP contribution < -0.4 is 0 Å². The number of nitrogens with zero attached hydrogens (tertiary/aromatic N) is 4. The van der Waals surface area contributed by atoms with Gasteiger partial charge in [-0.05, 0) is 31.7 Å². The van der Waals surface area contributed by atoms with Crippen molar-refractivity contribution in [1.82, 2.24) is 13.5 Å². The molecule has 232 valence electrons. The predicted molar refractivity (Wildman–Crippen MR) is 159 cm³/mol. The lowest BCUT2D eigenvalue weighted by Crippen LogP contribution is -2.66. The molecule has 0 saturated carbocycles. The van der Waals surface area contributed by atoms with Crippen LogP contribution in [0.15, 0.2) is 34.9 Å². The molecule has 2 fully saturated rings. The zero-order valence-electron chi connectivity index (χ0n) is 24.4. The number of carboxylic acid groups (broad SMARTS) is 1. The van der Waals surface area contributed by atoms with Gasteiger partial charge in [-0.2, -0.15) is 17.0 Å². The lowest BCUT2D eigenvalue weighted by Gasteiger charge is -2.51. The van der Waals surface area contributed by atoms with Gasteiger partial charge in [0.15, 0.2) is 0 Å². The summed E-state index contributed by atoms with van der Waals surface area (Å²) >= 11 is 1.29. The van der Waals surface area contributed by atoms with Crippen LogP contribution in [0, 0.1) is 21.4 Å². The molecule has 1 aromatic carbocycles. The second-order valence-corrected chi connectivity index (χ2v) is 14.8. The maximum Gasteiger partial charge on any atom is 0.353 e. The first-order valence-corrected chi connectivity index (χ1v) is 16.7. The van der Waals surface area contributed by atoms with Crippen LogP contribution in [-0.2, 0) is 26.2 Å². The minimum atomic E-state index is -3.66. The van der Waals surface area contributed by atoms with E-state index in [9.17, 15) is 38.3 Å². The maximum atomic E-state index is 13.4. The van der Waals surface area contributed by atoms with Crippen molar-refractivity contribution in [3.63, 3.8) is 0 Å². The Bertz CT molecular complexity index is 1340. The van der Waals surface area contributed by atoms with E-state index in [1.165, 1.54) is 44.3 Å². The Labute approximate surface area is 251 Å². The quantitative estimate of drug-likeness (QED) is 0.170. The molecule has 14 heteroatoms. The molecular formula is C28H40N4O8S2. The number of thioether (sulfide) groups is 1. The second kappa shape index (κ2) is 12.6. The molecule has 3 aliphatic heterocycles. The van der Waals surface area contributed by atoms with Crippen molar-refractivity contribution in [2.75, 3.05) is 26.2 Å². The van der Waals surface area contributed by atoms with Gasteiger partial charge in [-0.3, -0.25) is 14.9 Å². The van der Waals surface area contributed by atoms with Crippen LogP contribution in [0.4, 0.5) is 5.69 Å². The molecule has 1 amide bonds. The number of aliphatic hydroxyl groups is 1. The summed E-state index contributed by atoms with van der Waals surface area (Å²) in [5.74, 6) is -2.52. The van der Waals surface area contributed by atoms with Gasteiger partial charge in [-0.25, -0.2) is 4.79 Å². The monoisotopic (exact) mass is 624 g/mol. The number of non-ortho nitro benzene ring substituents is 1. The highest BCUT2D eigenvalue weighted by Gasteiger charge is 2.66. The van der Waals surface area contributed by atoms with E-state index in [0.717, 1.165) is 31.2 Å². The van der Waals surface area contributed by atoms with Gasteiger partial charge in [0.1, 0.15) is 5.70 Å². The van der Waals surface area contributed by atoms with Crippen molar-refractivity contribution in [2.24, 2.45) is 11.3 Å². The van der Waals surface area contributed by atoms with Crippen LogP contribution in [0.2, 0.25) is 0 Å². The van der Waals surface area contributed by atoms with E-state index in [1.54, 1.807) is 12.1 Å².